The summed E-state index contributed by atoms with van der Waals surface area (Å²) in [4.78, 5) is 22.3. The quantitative estimate of drug-likeness (QED) is 0.625. The second kappa shape index (κ2) is 5.54. The zero-order chi connectivity index (χ0) is 13.0. The average molecular weight is 257 g/mol. The second-order valence-electron chi connectivity index (χ2n) is 3.64. The third-order valence-corrected chi connectivity index (χ3v) is 2.51. The van der Waals surface area contributed by atoms with Crippen molar-refractivity contribution in [3.63, 3.8) is 0 Å². The molecule has 6 heteroatoms. The van der Waals surface area contributed by atoms with Crippen molar-refractivity contribution < 1.29 is 14.3 Å². The number of primary amides is 1. The van der Waals surface area contributed by atoms with Gasteiger partial charge in [0.25, 0.3) is 0 Å². The number of ether oxygens (including phenoxy) is 1. The molecule has 0 aliphatic heterocycles. The molecule has 0 fully saturated rings. The first-order valence-electron chi connectivity index (χ1n) is 4.93. The maximum atomic E-state index is 11.6. The molecule has 0 heterocycles. The van der Waals surface area contributed by atoms with Crippen molar-refractivity contribution >= 4 is 29.2 Å². The molecular formula is C11H13ClN2O3. The van der Waals surface area contributed by atoms with Crippen LogP contribution >= 0.6 is 11.6 Å². The molecule has 1 rings (SSSR count). The van der Waals surface area contributed by atoms with Crippen molar-refractivity contribution in [3.8, 4) is 0 Å². The van der Waals surface area contributed by atoms with E-state index in [0.717, 1.165) is 0 Å². The summed E-state index contributed by atoms with van der Waals surface area (Å²) in [6.07, 6.45) is 0. The highest BCUT2D eigenvalue weighted by Crippen LogP contribution is 2.20. The van der Waals surface area contributed by atoms with Gasteiger partial charge in [0, 0.05) is 0 Å². The number of carbonyl (C=O) groups excluding carboxylic acids is 2. The smallest absolute Gasteiger partial charge is 0.338 e. The minimum atomic E-state index is -0.569. The Morgan fingerprint density at radius 1 is 1.47 bits per heavy atom. The molecule has 0 saturated carbocycles. The molecule has 17 heavy (non-hydrogen) atoms. The minimum Gasteiger partial charge on any atom is -0.461 e. The van der Waals surface area contributed by atoms with Gasteiger partial charge < -0.3 is 16.2 Å². The predicted octanol–water partition coefficient (Wildman–Crippen LogP) is 1.20. The monoisotopic (exact) mass is 256 g/mol. The highest BCUT2D eigenvalue weighted by Gasteiger charge is 2.14. The van der Waals surface area contributed by atoms with Crippen LogP contribution in [0.25, 0.3) is 0 Å². The zero-order valence-electron chi connectivity index (χ0n) is 9.27. The maximum Gasteiger partial charge on any atom is 0.338 e. The molecule has 1 aromatic carbocycles. The Morgan fingerprint density at radius 2 is 2.12 bits per heavy atom. The van der Waals surface area contributed by atoms with Crippen LogP contribution in [0.5, 0.6) is 0 Å². The van der Waals surface area contributed by atoms with Crippen LogP contribution in [-0.2, 0) is 9.53 Å². The van der Waals surface area contributed by atoms with Gasteiger partial charge in [0.05, 0.1) is 22.2 Å². The Bertz CT molecular complexity index is 448. The zero-order valence-corrected chi connectivity index (χ0v) is 10.0. The Balaban J connectivity index is 2.64. The van der Waals surface area contributed by atoms with Crippen LogP contribution in [0.3, 0.4) is 0 Å². The fraction of sp³-hybridized carbons (Fsp3) is 0.273. The molecule has 92 valence electrons. The SMILES string of the molecule is CC(COC(=O)c1ccc(N)c(Cl)c1)C(N)=O. The predicted molar refractivity (Wildman–Crippen MR) is 64.5 cm³/mol. The number of halogens is 1. The van der Waals surface area contributed by atoms with Gasteiger partial charge in [-0.1, -0.05) is 18.5 Å². The molecule has 1 unspecified atom stereocenters. The van der Waals surface area contributed by atoms with Crippen LogP contribution in [-0.4, -0.2) is 18.5 Å². The lowest BCUT2D eigenvalue weighted by atomic mass is 10.2. The third-order valence-electron chi connectivity index (χ3n) is 2.19. The average Bonchev–Trinajstić information content (AvgIpc) is 2.28. The molecule has 0 aliphatic rings. The van der Waals surface area contributed by atoms with E-state index in [1.807, 2.05) is 0 Å². The number of amides is 1. The molecule has 0 spiro atoms. The van der Waals surface area contributed by atoms with E-state index in [0.29, 0.717) is 5.69 Å². The number of benzene rings is 1. The van der Waals surface area contributed by atoms with Crippen molar-refractivity contribution in [3.05, 3.63) is 28.8 Å². The van der Waals surface area contributed by atoms with Crippen molar-refractivity contribution in [2.75, 3.05) is 12.3 Å². The highest BCUT2D eigenvalue weighted by atomic mass is 35.5. The molecule has 0 bridgehead atoms. The number of hydrogen-bond donors (Lipinski definition) is 2. The number of nitrogen functional groups attached to an aromatic ring is 1. The summed E-state index contributed by atoms with van der Waals surface area (Å²) in [7, 11) is 0. The minimum absolute atomic E-state index is 0.0594. The van der Waals surface area contributed by atoms with Crippen LogP contribution in [0.4, 0.5) is 5.69 Å². The summed E-state index contributed by atoms with van der Waals surface area (Å²) in [6, 6.07) is 4.42. The van der Waals surface area contributed by atoms with E-state index < -0.39 is 17.8 Å². The maximum absolute atomic E-state index is 11.6. The first-order chi connectivity index (χ1) is 7.91. The lowest BCUT2D eigenvalue weighted by Gasteiger charge is -2.09. The summed E-state index contributed by atoms with van der Waals surface area (Å²) in [5.74, 6) is -1.61. The fourth-order valence-electron chi connectivity index (χ4n) is 1.02. The largest absolute Gasteiger partial charge is 0.461 e. The molecule has 4 N–H and O–H groups in total. The van der Waals surface area contributed by atoms with E-state index in [2.05, 4.69) is 0 Å². The van der Waals surface area contributed by atoms with Gasteiger partial charge in [0.1, 0.15) is 6.61 Å². The molecule has 1 atom stereocenters. The first kappa shape index (κ1) is 13.3. The Morgan fingerprint density at radius 3 is 2.65 bits per heavy atom. The van der Waals surface area contributed by atoms with Crippen molar-refractivity contribution in [1.29, 1.82) is 0 Å². The number of carbonyl (C=O) groups is 2. The van der Waals surface area contributed by atoms with Gasteiger partial charge in [0.15, 0.2) is 0 Å². The van der Waals surface area contributed by atoms with Crippen LogP contribution in [0.2, 0.25) is 5.02 Å². The van der Waals surface area contributed by atoms with Gasteiger partial charge in [-0.05, 0) is 18.2 Å². The number of hydrogen-bond acceptors (Lipinski definition) is 4. The summed E-state index contributed by atoms with van der Waals surface area (Å²) in [5.41, 5.74) is 11.2. The highest BCUT2D eigenvalue weighted by molar-refractivity contribution is 6.33. The van der Waals surface area contributed by atoms with Crippen molar-refractivity contribution in [1.82, 2.24) is 0 Å². The molecular weight excluding hydrogens is 244 g/mol. The Kier molecular flexibility index (Phi) is 4.34. The number of anilines is 1. The third kappa shape index (κ3) is 3.64. The normalized spacial score (nSPS) is 11.9. The Labute approximate surface area is 104 Å². The van der Waals surface area contributed by atoms with E-state index in [9.17, 15) is 9.59 Å². The van der Waals surface area contributed by atoms with Crippen LogP contribution in [0.15, 0.2) is 18.2 Å². The summed E-state index contributed by atoms with van der Waals surface area (Å²) >= 11 is 5.76. The fourth-order valence-corrected chi connectivity index (χ4v) is 1.20. The second-order valence-corrected chi connectivity index (χ2v) is 4.05. The van der Waals surface area contributed by atoms with Gasteiger partial charge in [0.2, 0.25) is 5.91 Å². The van der Waals surface area contributed by atoms with Gasteiger partial charge in [-0.25, -0.2) is 4.79 Å². The molecule has 0 saturated heterocycles. The number of nitrogens with two attached hydrogens (primary N) is 2. The summed E-state index contributed by atoms with van der Waals surface area (Å²) < 4.78 is 4.91. The van der Waals surface area contributed by atoms with Crippen molar-refractivity contribution in [2.45, 2.75) is 6.92 Å². The van der Waals surface area contributed by atoms with Gasteiger partial charge >= 0.3 is 5.97 Å². The van der Waals surface area contributed by atoms with Crippen molar-refractivity contribution in [2.24, 2.45) is 11.7 Å². The van der Waals surface area contributed by atoms with Crippen LogP contribution in [0.1, 0.15) is 17.3 Å². The lowest BCUT2D eigenvalue weighted by molar-refractivity contribution is -0.122. The number of esters is 1. The molecule has 0 aromatic heterocycles. The topological polar surface area (TPSA) is 95.4 Å². The standard InChI is InChI=1S/C11H13ClN2O3/c1-6(10(14)15)5-17-11(16)7-2-3-9(13)8(12)4-7/h2-4,6H,5,13H2,1H3,(H2,14,15). The van der Waals surface area contributed by atoms with Crippen LogP contribution in [0, 0.1) is 5.92 Å². The van der Waals surface area contributed by atoms with Gasteiger partial charge in [-0.15, -0.1) is 0 Å². The molecule has 0 radical (unpaired) electrons. The van der Waals surface area contributed by atoms with Crippen LogP contribution < -0.4 is 11.5 Å². The van der Waals surface area contributed by atoms with Gasteiger partial charge in [-0.2, -0.15) is 0 Å². The van der Waals surface area contributed by atoms with E-state index in [1.165, 1.54) is 18.2 Å². The number of rotatable bonds is 4. The molecule has 0 aliphatic carbocycles. The summed E-state index contributed by atoms with van der Waals surface area (Å²) in [5, 5.41) is 0.280. The molecule has 1 aromatic rings. The van der Waals surface area contributed by atoms with E-state index in [-0.39, 0.29) is 17.2 Å². The lowest BCUT2D eigenvalue weighted by Crippen LogP contribution is -2.25. The van der Waals surface area contributed by atoms with E-state index >= 15 is 0 Å². The van der Waals surface area contributed by atoms with Gasteiger partial charge in [-0.3, -0.25) is 4.79 Å². The summed E-state index contributed by atoms with van der Waals surface area (Å²) in [6.45, 7) is 1.52. The van der Waals surface area contributed by atoms with E-state index in [1.54, 1.807) is 6.92 Å². The molecule has 1 amide bonds. The first-order valence-corrected chi connectivity index (χ1v) is 5.31. The molecule has 5 nitrogen and oxygen atoms in total. The van der Waals surface area contributed by atoms with E-state index in [4.69, 9.17) is 27.8 Å². The Hall–Kier alpha value is -1.75.